The molecule has 0 aromatic heterocycles. The van der Waals surface area contributed by atoms with Gasteiger partial charge in [0.25, 0.3) is 0 Å². The molecule has 3 nitrogen and oxygen atoms in total. The van der Waals surface area contributed by atoms with Crippen molar-refractivity contribution < 1.29 is 12.8 Å². The maximum atomic E-state index is 13.7. The van der Waals surface area contributed by atoms with E-state index in [0.717, 1.165) is 25.6 Å². The fourth-order valence-electron chi connectivity index (χ4n) is 2.26. The maximum absolute atomic E-state index is 13.7. The minimum atomic E-state index is -3.37. The van der Waals surface area contributed by atoms with Crippen LogP contribution in [0.25, 0.3) is 0 Å². The molecule has 1 atom stereocenters. The van der Waals surface area contributed by atoms with E-state index in [4.69, 9.17) is 0 Å². The third kappa shape index (κ3) is 2.84. The first-order valence-electron chi connectivity index (χ1n) is 5.69. The molecule has 1 N–H and O–H groups in total. The van der Waals surface area contributed by atoms with Crippen molar-refractivity contribution in [3.63, 3.8) is 0 Å². The topological polar surface area (TPSA) is 46.2 Å². The van der Waals surface area contributed by atoms with Crippen LogP contribution in [0.2, 0.25) is 0 Å². The molecule has 1 aromatic carbocycles. The Bertz CT molecular complexity index is 507. The summed E-state index contributed by atoms with van der Waals surface area (Å²) in [7, 11) is -3.37. The highest BCUT2D eigenvalue weighted by molar-refractivity contribution is 7.90. The van der Waals surface area contributed by atoms with Crippen LogP contribution in [0.4, 0.5) is 4.39 Å². The average Bonchev–Trinajstić information content (AvgIpc) is 2.72. The van der Waals surface area contributed by atoms with Gasteiger partial charge >= 0.3 is 0 Å². The molecule has 0 saturated carbocycles. The number of sulfone groups is 1. The highest BCUT2D eigenvalue weighted by Gasteiger charge is 2.22. The summed E-state index contributed by atoms with van der Waals surface area (Å²) in [6.07, 6.45) is 3.59. The fraction of sp³-hybridized carbons (Fsp3) is 0.500. The van der Waals surface area contributed by atoms with Gasteiger partial charge in [-0.25, -0.2) is 12.8 Å². The van der Waals surface area contributed by atoms with E-state index >= 15 is 0 Å². The molecule has 1 unspecified atom stereocenters. The van der Waals surface area contributed by atoms with E-state index < -0.39 is 15.7 Å². The second kappa shape index (κ2) is 4.74. The number of nitrogens with one attached hydrogen (secondary N) is 1. The molecule has 0 radical (unpaired) electrons. The summed E-state index contributed by atoms with van der Waals surface area (Å²) in [4.78, 5) is 0.117. The largest absolute Gasteiger partial charge is 0.314 e. The number of benzene rings is 1. The molecular formula is C12H16FNO2S. The van der Waals surface area contributed by atoms with Crippen LogP contribution in [0.5, 0.6) is 0 Å². The minimum Gasteiger partial charge on any atom is -0.314 e. The standard InChI is InChI=1S/C12H16FNO2S/c1-17(15,16)12-6-2-5-11(13)10(12)8-9-4-3-7-14-9/h2,5-6,9,14H,3-4,7-8H2,1H3. The quantitative estimate of drug-likeness (QED) is 0.893. The van der Waals surface area contributed by atoms with Gasteiger partial charge in [-0.1, -0.05) is 6.07 Å². The van der Waals surface area contributed by atoms with Gasteiger partial charge in [0, 0.05) is 17.9 Å². The predicted molar refractivity (Wildman–Crippen MR) is 64.2 cm³/mol. The van der Waals surface area contributed by atoms with Crippen molar-refractivity contribution in [3.05, 3.63) is 29.6 Å². The van der Waals surface area contributed by atoms with E-state index in [2.05, 4.69) is 5.32 Å². The van der Waals surface area contributed by atoms with E-state index in [-0.39, 0.29) is 10.9 Å². The second-order valence-corrected chi connectivity index (χ2v) is 6.47. The predicted octanol–water partition coefficient (Wildman–Crippen LogP) is 1.52. The molecule has 0 amide bonds. The Hall–Kier alpha value is -0.940. The monoisotopic (exact) mass is 257 g/mol. The molecule has 1 fully saturated rings. The van der Waals surface area contributed by atoms with Gasteiger partial charge in [0.2, 0.25) is 0 Å². The van der Waals surface area contributed by atoms with Gasteiger partial charge in [0.1, 0.15) is 5.82 Å². The first kappa shape index (κ1) is 12.5. The molecule has 0 bridgehead atoms. The van der Waals surface area contributed by atoms with Gasteiger partial charge < -0.3 is 5.32 Å². The SMILES string of the molecule is CS(=O)(=O)c1cccc(F)c1CC1CCCN1. The highest BCUT2D eigenvalue weighted by atomic mass is 32.2. The van der Waals surface area contributed by atoms with Crippen molar-refractivity contribution >= 4 is 9.84 Å². The van der Waals surface area contributed by atoms with E-state index in [1.165, 1.54) is 18.2 Å². The Labute approximate surface area is 101 Å². The molecule has 0 aliphatic carbocycles. The molecule has 94 valence electrons. The average molecular weight is 257 g/mol. The Morgan fingerprint density at radius 1 is 1.47 bits per heavy atom. The van der Waals surface area contributed by atoms with E-state index in [0.29, 0.717) is 12.0 Å². The van der Waals surface area contributed by atoms with Crippen LogP contribution < -0.4 is 5.32 Å². The summed E-state index contributed by atoms with van der Waals surface area (Å²) in [5.74, 6) is -0.429. The van der Waals surface area contributed by atoms with Crippen molar-refractivity contribution in [2.24, 2.45) is 0 Å². The van der Waals surface area contributed by atoms with Crippen LogP contribution in [-0.4, -0.2) is 27.3 Å². The van der Waals surface area contributed by atoms with Crippen molar-refractivity contribution in [1.82, 2.24) is 5.32 Å². The summed E-state index contributed by atoms with van der Waals surface area (Å²) in [6.45, 7) is 0.924. The van der Waals surface area contributed by atoms with Gasteiger partial charge in [0.15, 0.2) is 9.84 Å². The molecule has 1 aliphatic heterocycles. The zero-order valence-corrected chi connectivity index (χ0v) is 10.6. The van der Waals surface area contributed by atoms with Crippen LogP contribution in [-0.2, 0) is 16.3 Å². The Balaban J connectivity index is 2.37. The third-order valence-corrected chi connectivity index (χ3v) is 4.27. The van der Waals surface area contributed by atoms with Crippen LogP contribution in [0, 0.1) is 5.82 Å². The lowest BCUT2D eigenvalue weighted by Gasteiger charge is -2.14. The Kier molecular flexibility index (Phi) is 3.49. The number of halogens is 1. The molecule has 0 spiro atoms. The van der Waals surface area contributed by atoms with E-state index in [1.54, 1.807) is 0 Å². The number of rotatable bonds is 3. The normalized spacial score (nSPS) is 20.7. The lowest BCUT2D eigenvalue weighted by Crippen LogP contribution is -2.25. The Morgan fingerprint density at radius 2 is 2.24 bits per heavy atom. The number of hydrogen-bond acceptors (Lipinski definition) is 3. The van der Waals surface area contributed by atoms with Crippen LogP contribution in [0.3, 0.4) is 0 Å². The van der Waals surface area contributed by atoms with Crippen LogP contribution in [0.1, 0.15) is 18.4 Å². The van der Waals surface area contributed by atoms with Crippen molar-refractivity contribution in [2.45, 2.75) is 30.2 Å². The van der Waals surface area contributed by atoms with Gasteiger partial charge in [-0.2, -0.15) is 0 Å². The second-order valence-electron chi connectivity index (χ2n) is 4.49. The van der Waals surface area contributed by atoms with Gasteiger partial charge in [-0.3, -0.25) is 0 Å². The van der Waals surface area contributed by atoms with Gasteiger partial charge in [-0.05, 0) is 37.9 Å². The Morgan fingerprint density at radius 3 is 2.82 bits per heavy atom. The fourth-order valence-corrected chi connectivity index (χ4v) is 3.22. The van der Waals surface area contributed by atoms with E-state index in [9.17, 15) is 12.8 Å². The zero-order valence-electron chi connectivity index (χ0n) is 9.74. The molecule has 17 heavy (non-hydrogen) atoms. The van der Waals surface area contributed by atoms with Crippen LogP contribution in [0.15, 0.2) is 23.1 Å². The van der Waals surface area contributed by atoms with Gasteiger partial charge in [-0.15, -0.1) is 0 Å². The zero-order chi connectivity index (χ0) is 12.5. The van der Waals surface area contributed by atoms with Crippen molar-refractivity contribution in [3.8, 4) is 0 Å². The smallest absolute Gasteiger partial charge is 0.175 e. The lowest BCUT2D eigenvalue weighted by molar-refractivity contribution is 0.547. The van der Waals surface area contributed by atoms with Crippen molar-refractivity contribution in [2.75, 3.05) is 12.8 Å². The first-order valence-corrected chi connectivity index (χ1v) is 7.58. The molecule has 1 saturated heterocycles. The van der Waals surface area contributed by atoms with E-state index in [1.807, 2.05) is 0 Å². The molecule has 2 rings (SSSR count). The molecular weight excluding hydrogens is 241 g/mol. The lowest BCUT2D eigenvalue weighted by atomic mass is 10.0. The van der Waals surface area contributed by atoms with Crippen LogP contribution >= 0.6 is 0 Å². The van der Waals surface area contributed by atoms with Crippen molar-refractivity contribution in [1.29, 1.82) is 0 Å². The first-order chi connectivity index (χ1) is 7.98. The minimum absolute atomic E-state index is 0.117. The summed E-state index contributed by atoms with van der Waals surface area (Å²) >= 11 is 0. The highest BCUT2D eigenvalue weighted by Crippen LogP contribution is 2.22. The molecule has 1 aliphatic rings. The summed E-state index contributed by atoms with van der Waals surface area (Å²) in [6, 6.07) is 4.42. The maximum Gasteiger partial charge on any atom is 0.175 e. The molecule has 5 heteroatoms. The molecule has 1 heterocycles. The number of hydrogen-bond donors (Lipinski definition) is 1. The van der Waals surface area contributed by atoms with Gasteiger partial charge in [0.05, 0.1) is 4.90 Å². The summed E-state index contributed by atoms with van der Waals surface area (Å²) in [5.41, 5.74) is 0.314. The summed E-state index contributed by atoms with van der Waals surface area (Å²) < 4.78 is 36.9. The third-order valence-electron chi connectivity index (χ3n) is 3.09. The molecule has 1 aromatic rings. The summed E-state index contributed by atoms with van der Waals surface area (Å²) in [5, 5.41) is 3.25.